The lowest BCUT2D eigenvalue weighted by atomic mass is 10.2. The molecule has 1 atom stereocenters. The van der Waals surface area contributed by atoms with Crippen molar-refractivity contribution >= 4 is 16.7 Å². The average molecular weight is 253 g/mol. The standard InChI is InChI=1S/C16H15NS/c1-17-12-15(13-8-4-2-5-9-13)18-16(17)14-10-6-3-7-11-14/h2-12,16H,1H3. The van der Waals surface area contributed by atoms with E-state index in [0.29, 0.717) is 5.37 Å². The lowest BCUT2D eigenvalue weighted by Gasteiger charge is -2.19. The first-order valence-corrected chi connectivity index (χ1v) is 6.93. The molecule has 0 bridgehead atoms. The number of rotatable bonds is 2. The highest BCUT2D eigenvalue weighted by atomic mass is 32.2. The number of nitrogens with zero attached hydrogens (tertiary/aromatic N) is 1. The van der Waals surface area contributed by atoms with Crippen LogP contribution >= 0.6 is 11.8 Å². The molecule has 0 radical (unpaired) electrons. The minimum absolute atomic E-state index is 0.390. The number of thioether (sulfide) groups is 1. The first kappa shape index (κ1) is 11.4. The third-order valence-electron chi connectivity index (χ3n) is 3.07. The van der Waals surface area contributed by atoms with Crippen LogP contribution in [-0.2, 0) is 0 Å². The molecule has 0 aromatic heterocycles. The second-order valence-corrected chi connectivity index (χ2v) is 5.53. The van der Waals surface area contributed by atoms with Crippen LogP contribution < -0.4 is 0 Å². The van der Waals surface area contributed by atoms with E-state index in [0.717, 1.165) is 0 Å². The molecule has 0 spiro atoms. The van der Waals surface area contributed by atoms with Crippen molar-refractivity contribution in [2.75, 3.05) is 7.05 Å². The summed E-state index contributed by atoms with van der Waals surface area (Å²) >= 11 is 1.91. The summed E-state index contributed by atoms with van der Waals surface area (Å²) in [4.78, 5) is 3.62. The Kier molecular flexibility index (Phi) is 3.11. The first-order chi connectivity index (χ1) is 8.84. The minimum atomic E-state index is 0.390. The molecule has 0 fully saturated rings. The van der Waals surface area contributed by atoms with E-state index in [2.05, 4.69) is 78.8 Å². The normalized spacial score (nSPS) is 18.8. The molecule has 2 aromatic carbocycles. The molecule has 1 heterocycles. The summed E-state index contributed by atoms with van der Waals surface area (Å²) in [6.07, 6.45) is 2.23. The maximum atomic E-state index is 2.28. The van der Waals surface area contributed by atoms with Gasteiger partial charge >= 0.3 is 0 Å². The van der Waals surface area contributed by atoms with Crippen LogP contribution in [0, 0.1) is 0 Å². The average Bonchev–Trinajstić information content (AvgIpc) is 2.83. The van der Waals surface area contributed by atoms with E-state index in [1.165, 1.54) is 16.0 Å². The summed E-state index contributed by atoms with van der Waals surface area (Å²) in [6, 6.07) is 21.2. The van der Waals surface area contributed by atoms with E-state index in [1.807, 2.05) is 11.8 Å². The van der Waals surface area contributed by atoms with Crippen molar-refractivity contribution in [3.63, 3.8) is 0 Å². The summed E-state index contributed by atoms with van der Waals surface area (Å²) in [5, 5.41) is 0.390. The summed E-state index contributed by atoms with van der Waals surface area (Å²) in [5.74, 6) is 0. The van der Waals surface area contributed by atoms with Crippen LogP contribution in [0.4, 0.5) is 0 Å². The zero-order valence-corrected chi connectivity index (χ0v) is 11.1. The molecule has 0 N–H and O–H groups in total. The molecule has 1 nitrogen and oxygen atoms in total. The van der Waals surface area contributed by atoms with Gasteiger partial charge in [0.05, 0.1) is 0 Å². The fourth-order valence-corrected chi connectivity index (χ4v) is 3.41. The molecule has 0 saturated carbocycles. The molecule has 90 valence electrons. The molecule has 18 heavy (non-hydrogen) atoms. The van der Waals surface area contributed by atoms with Crippen LogP contribution in [0.15, 0.2) is 66.9 Å². The molecule has 2 aromatic rings. The van der Waals surface area contributed by atoms with Crippen molar-refractivity contribution in [1.82, 2.24) is 4.90 Å². The number of hydrogen-bond acceptors (Lipinski definition) is 2. The van der Waals surface area contributed by atoms with E-state index in [-0.39, 0.29) is 0 Å². The molecule has 3 rings (SSSR count). The topological polar surface area (TPSA) is 3.24 Å². The Balaban J connectivity index is 1.85. The zero-order chi connectivity index (χ0) is 12.4. The van der Waals surface area contributed by atoms with Crippen molar-refractivity contribution in [3.8, 4) is 0 Å². The SMILES string of the molecule is CN1C=C(c2ccccc2)SC1c1ccccc1. The van der Waals surface area contributed by atoms with Crippen molar-refractivity contribution < 1.29 is 0 Å². The van der Waals surface area contributed by atoms with Gasteiger partial charge in [-0.05, 0) is 11.1 Å². The fraction of sp³-hybridized carbons (Fsp3) is 0.125. The van der Waals surface area contributed by atoms with E-state index < -0.39 is 0 Å². The fourth-order valence-electron chi connectivity index (χ4n) is 2.15. The first-order valence-electron chi connectivity index (χ1n) is 6.05. The van der Waals surface area contributed by atoms with Gasteiger partial charge in [0.2, 0.25) is 0 Å². The van der Waals surface area contributed by atoms with Crippen LogP contribution in [0.3, 0.4) is 0 Å². The predicted molar refractivity (Wildman–Crippen MR) is 79.0 cm³/mol. The van der Waals surface area contributed by atoms with Crippen molar-refractivity contribution in [1.29, 1.82) is 0 Å². The Morgan fingerprint density at radius 1 is 0.889 bits per heavy atom. The highest BCUT2D eigenvalue weighted by Crippen LogP contribution is 2.47. The second kappa shape index (κ2) is 4.91. The Labute approximate surface area is 112 Å². The second-order valence-electron chi connectivity index (χ2n) is 4.41. The summed E-state index contributed by atoms with van der Waals surface area (Å²) < 4.78 is 0. The zero-order valence-electron chi connectivity index (χ0n) is 10.3. The van der Waals surface area contributed by atoms with Gasteiger partial charge in [0, 0.05) is 18.2 Å². The van der Waals surface area contributed by atoms with Crippen LogP contribution in [0.2, 0.25) is 0 Å². The Bertz CT molecular complexity index is 548. The third-order valence-corrected chi connectivity index (χ3v) is 4.50. The van der Waals surface area contributed by atoms with Crippen molar-refractivity contribution in [3.05, 3.63) is 78.0 Å². The third kappa shape index (κ3) is 2.16. The van der Waals surface area contributed by atoms with Crippen LogP contribution in [0.25, 0.3) is 4.91 Å². The van der Waals surface area contributed by atoms with Crippen LogP contribution in [0.1, 0.15) is 16.5 Å². The number of benzene rings is 2. The lowest BCUT2D eigenvalue weighted by molar-refractivity contribution is 0.449. The van der Waals surface area contributed by atoms with E-state index in [9.17, 15) is 0 Å². The molecular weight excluding hydrogens is 238 g/mol. The van der Waals surface area contributed by atoms with E-state index in [4.69, 9.17) is 0 Å². The molecule has 1 unspecified atom stereocenters. The summed E-state index contributed by atoms with van der Waals surface area (Å²) in [7, 11) is 2.14. The Morgan fingerprint density at radius 2 is 1.50 bits per heavy atom. The highest BCUT2D eigenvalue weighted by molar-refractivity contribution is 8.08. The molecule has 0 aliphatic carbocycles. The summed E-state index contributed by atoms with van der Waals surface area (Å²) in [6.45, 7) is 0. The maximum absolute atomic E-state index is 2.28. The van der Waals surface area contributed by atoms with Gasteiger partial charge in [-0.25, -0.2) is 0 Å². The van der Waals surface area contributed by atoms with Gasteiger partial charge in [0.25, 0.3) is 0 Å². The van der Waals surface area contributed by atoms with Gasteiger partial charge in [0.15, 0.2) is 0 Å². The summed E-state index contributed by atoms with van der Waals surface area (Å²) in [5.41, 5.74) is 2.65. The van der Waals surface area contributed by atoms with Gasteiger partial charge in [-0.1, -0.05) is 72.4 Å². The Hall–Kier alpha value is -1.67. The molecule has 0 amide bonds. The minimum Gasteiger partial charge on any atom is -0.363 e. The van der Waals surface area contributed by atoms with Gasteiger partial charge in [-0.15, -0.1) is 0 Å². The largest absolute Gasteiger partial charge is 0.363 e. The van der Waals surface area contributed by atoms with Gasteiger partial charge in [-0.3, -0.25) is 0 Å². The van der Waals surface area contributed by atoms with Crippen molar-refractivity contribution in [2.45, 2.75) is 5.37 Å². The Morgan fingerprint density at radius 3 is 2.17 bits per heavy atom. The molecule has 1 aliphatic heterocycles. The van der Waals surface area contributed by atoms with Gasteiger partial charge in [-0.2, -0.15) is 0 Å². The monoisotopic (exact) mass is 253 g/mol. The quantitative estimate of drug-likeness (QED) is 0.782. The van der Waals surface area contributed by atoms with Gasteiger partial charge in [0.1, 0.15) is 5.37 Å². The predicted octanol–water partition coefficient (Wildman–Crippen LogP) is 4.36. The molecule has 0 saturated heterocycles. The van der Waals surface area contributed by atoms with Crippen LogP contribution in [0.5, 0.6) is 0 Å². The molecule has 1 aliphatic rings. The highest BCUT2D eigenvalue weighted by Gasteiger charge is 2.24. The van der Waals surface area contributed by atoms with Gasteiger partial charge < -0.3 is 4.90 Å². The number of hydrogen-bond donors (Lipinski definition) is 0. The molecule has 2 heteroatoms. The smallest absolute Gasteiger partial charge is 0.104 e. The lowest BCUT2D eigenvalue weighted by Crippen LogP contribution is -2.11. The molecular formula is C16H15NS. The maximum Gasteiger partial charge on any atom is 0.104 e. The van der Waals surface area contributed by atoms with Crippen molar-refractivity contribution in [2.24, 2.45) is 0 Å². The van der Waals surface area contributed by atoms with Crippen LogP contribution in [-0.4, -0.2) is 11.9 Å². The van der Waals surface area contributed by atoms with E-state index in [1.54, 1.807) is 0 Å². The van der Waals surface area contributed by atoms with E-state index >= 15 is 0 Å².